The van der Waals surface area contributed by atoms with Crippen molar-refractivity contribution in [3.8, 4) is 5.69 Å². The van der Waals surface area contributed by atoms with Crippen molar-refractivity contribution in [2.24, 2.45) is 5.92 Å². The van der Waals surface area contributed by atoms with Gasteiger partial charge < -0.3 is 5.32 Å². The number of carbonyl (C=O) groups excluding carboxylic acids is 1. The van der Waals surface area contributed by atoms with E-state index in [1.54, 1.807) is 24.3 Å². The highest BCUT2D eigenvalue weighted by Gasteiger charge is 2.29. The fraction of sp³-hybridized carbons (Fsp3) is 0.419. The first-order chi connectivity index (χ1) is 18.4. The molecule has 0 unspecified atom stereocenters. The number of fused-ring (bicyclic) bond motifs is 1. The summed E-state index contributed by atoms with van der Waals surface area (Å²) in [5.41, 5.74) is 4.94. The second-order valence-electron chi connectivity index (χ2n) is 10.6. The van der Waals surface area contributed by atoms with Gasteiger partial charge in [0.05, 0.1) is 16.4 Å². The molecule has 200 valence electrons. The van der Waals surface area contributed by atoms with Crippen LogP contribution in [0.4, 0.5) is 4.39 Å². The normalized spacial score (nSPS) is 18.5. The average Bonchev–Trinajstić information content (AvgIpc) is 3.26. The van der Waals surface area contributed by atoms with Gasteiger partial charge in [0.25, 0.3) is 5.91 Å². The van der Waals surface area contributed by atoms with Gasteiger partial charge in [-0.25, -0.2) is 9.07 Å². The third-order valence-corrected chi connectivity index (χ3v) is 8.48. The zero-order valence-corrected chi connectivity index (χ0v) is 23.3. The van der Waals surface area contributed by atoms with Crippen molar-refractivity contribution in [3.63, 3.8) is 0 Å². The van der Waals surface area contributed by atoms with Crippen molar-refractivity contribution in [3.05, 3.63) is 80.8 Å². The molecule has 1 saturated carbocycles. The summed E-state index contributed by atoms with van der Waals surface area (Å²) in [6, 6.07) is 11.9. The Kier molecular flexibility index (Phi) is 8.54. The molecular weight excluding hydrogens is 520 g/mol. The van der Waals surface area contributed by atoms with Crippen LogP contribution in [-0.4, -0.2) is 21.7 Å². The van der Waals surface area contributed by atoms with Gasteiger partial charge in [-0.3, -0.25) is 4.79 Å². The molecule has 2 aliphatic carbocycles. The number of nitrogens with one attached hydrogen (secondary N) is 1. The Bertz CT molecular complexity index is 1330. The van der Waals surface area contributed by atoms with Crippen molar-refractivity contribution in [2.45, 2.75) is 77.2 Å². The van der Waals surface area contributed by atoms with Crippen molar-refractivity contribution in [2.75, 3.05) is 0 Å². The summed E-state index contributed by atoms with van der Waals surface area (Å²) in [6.45, 7) is 2.12. The maximum atomic E-state index is 13.8. The average molecular weight is 555 g/mol. The lowest BCUT2D eigenvalue weighted by Crippen LogP contribution is -2.39. The Morgan fingerprint density at radius 2 is 1.74 bits per heavy atom. The number of halogens is 3. The molecule has 0 saturated heterocycles. The van der Waals surface area contributed by atoms with Crippen molar-refractivity contribution >= 4 is 40.8 Å². The molecule has 38 heavy (non-hydrogen) atoms. The largest absolute Gasteiger partial charge is 0.348 e. The number of nitrogens with zero attached hydrogens (tertiary/aromatic N) is 2. The Hall–Kier alpha value is -2.63. The summed E-state index contributed by atoms with van der Waals surface area (Å²) in [5.74, 6) is 0.0932. The SMILES string of the molecule is C[C@H](NC(=O)c1nn(-c2ccc(Cl)cc2Cl)c2c1CCCCCC2=Cc1ccc(F)cc1)C1CCCCC1. The van der Waals surface area contributed by atoms with E-state index in [-0.39, 0.29) is 17.8 Å². The number of aromatic nitrogens is 2. The Labute approximate surface area is 234 Å². The molecule has 5 rings (SSSR count). The van der Waals surface area contributed by atoms with Crippen molar-refractivity contribution < 1.29 is 9.18 Å². The van der Waals surface area contributed by atoms with Crippen LogP contribution in [0.25, 0.3) is 17.3 Å². The van der Waals surface area contributed by atoms with Crippen LogP contribution >= 0.6 is 23.2 Å². The van der Waals surface area contributed by atoms with E-state index in [1.807, 2.05) is 10.7 Å². The second-order valence-corrected chi connectivity index (χ2v) is 11.5. The van der Waals surface area contributed by atoms with Crippen LogP contribution in [0.2, 0.25) is 10.0 Å². The molecule has 0 radical (unpaired) electrons. The molecule has 3 aromatic rings. The number of amides is 1. The molecule has 1 N–H and O–H groups in total. The highest BCUT2D eigenvalue weighted by Crippen LogP contribution is 2.36. The minimum Gasteiger partial charge on any atom is -0.348 e. The van der Waals surface area contributed by atoms with Gasteiger partial charge in [0.15, 0.2) is 5.69 Å². The fourth-order valence-electron chi connectivity index (χ4n) is 5.87. The first-order valence-electron chi connectivity index (χ1n) is 13.8. The van der Waals surface area contributed by atoms with E-state index in [1.165, 1.54) is 31.4 Å². The smallest absolute Gasteiger partial charge is 0.272 e. The number of carbonyl (C=O) groups is 1. The lowest BCUT2D eigenvalue weighted by atomic mass is 9.84. The van der Waals surface area contributed by atoms with E-state index in [0.717, 1.165) is 67.3 Å². The summed E-state index contributed by atoms with van der Waals surface area (Å²) in [4.78, 5) is 13.8. The van der Waals surface area contributed by atoms with Crippen LogP contribution in [0.1, 0.15) is 92.0 Å². The predicted octanol–water partition coefficient (Wildman–Crippen LogP) is 8.67. The van der Waals surface area contributed by atoms with Gasteiger partial charge in [0, 0.05) is 16.6 Å². The maximum absolute atomic E-state index is 13.8. The van der Waals surface area contributed by atoms with Gasteiger partial charge in [-0.05, 0) is 98.9 Å². The predicted molar refractivity (Wildman–Crippen MR) is 154 cm³/mol. The summed E-state index contributed by atoms with van der Waals surface area (Å²) < 4.78 is 15.4. The van der Waals surface area contributed by atoms with Crippen LogP contribution < -0.4 is 5.32 Å². The summed E-state index contributed by atoms with van der Waals surface area (Å²) in [6.07, 6.45) is 12.7. The van der Waals surface area contributed by atoms with Gasteiger partial charge in [-0.15, -0.1) is 0 Å². The molecule has 1 amide bonds. The van der Waals surface area contributed by atoms with Gasteiger partial charge in [0.1, 0.15) is 5.82 Å². The molecule has 1 heterocycles. The quantitative estimate of drug-likeness (QED) is 0.343. The minimum absolute atomic E-state index is 0.0884. The van der Waals surface area contributed by atoms with Crippen LogP contribution in [-0.2, 0) is 6.42 Å². The van der Waals surface area contributed by atoms with E-state index in [9.17, 15) is 9.18 Å². The monoisotopic (exact) mass is 553 g/mol. The standard InChI is InChI=1S/C31H34Cl2FN3O/c1-20(22-8-4-2-5-9-22)35-31(38)29-26-11-7-3-6-10-23(18-21-12-15-25(34)16-13-21)30(26)37(36-29)28-17-14-24(32)19-27(28)33/h12-20,22H,2-11H2,1H3,(H,35,38)/t20-/m0/s1. The number of allylic oxidation sites excluding steroid dienone is 1. The lowest BCUT2D eigenvalue weighted by Gasteiger charge is -2.28. The molecule has 2 aliphatic rings. The summed E-state index contributed by atoms with van der Waals surface area (Å²) in [7, 11) is 0. The van der Waals surface area contributed by atoms with E-state index in [4.69, 9.17) is 28.3 Å². The molecule has 1 atom stereocenters. The van der Waals surface area contributed by atoms with E-state index < -0.39 is 0 Å². The lowest BCUT2D eigenvalue weighted by molar-refractivity contribution is 0.0912. The highest BCUT2D eigenvalue weighted by molar-refractivity contribution is 6.35. The molecule has 0 spiro atoms. The Morgan fingerprint density at radius 3 is 2.47 bits per heavy atom. The highest BCUT2D eigenvalue weighted by atomic mass is 35.5. The van der Waals surface area contributed by atoms with Crippen LogP contribution in [0, 0.1) is 11.7 Å². The second kappa shape index (κ2) is 12.0. The van der Waals surface area contributed by atoms with Gasteiger partial charge in [0.2, 0.25) is 0 Å². The number of rotatable bonds is 5. The molecule has 7 heteroatoms. The zero-order chi connectivity index (χ0) is 26.6. The van der Waals surface area contributed by atoms with E-state index >= 15 is 0 Å². The van der Waals surface area contributed by atoms with Crippen molar-refractivity contribution in [1.82, 2.24) is 15.1 Å². The van der Waals surface area contributed by atoms with Gasteiger partial charge in [-0.2, -0.15) is 5.10 Å². The van der Waals surface area contributed by atoms with Gasteiger partial charge >= 0.3 is 0 Å². The third kappa shape index (κ3) is 6.00. The van der Waals surface area contributed by atoms with Gasteiger partial charge in [-0.1, -0.05) is 61.0 Å². The molecular formula is C31H34Cl2FN3O. The topological polar surface area (TPSA) is 46.9 Å². The number of hydrogen-bond acceptors (Lipinski definition) is 2. The van der Waals surface area contributed by atoms with E-state index in [2.05, 4.69) is 18.3 Å². The molecule has 1 fully saturated rings. The summed E-state index contributed by atoms with van der Waals surface area (Å²) >= 11 is 12.9. The van der Waals surface area contributed by atoms with Crippen molar-refractivity contribution in [1.29, 1.82) is 0 Å². The van der Waals surface area contributed by atoms with Crippen LogP contribution in [0.15, 0.2) is 42.5 Å². The van der Waals surface area contributed by atoms with E-state index in [0.29, 0.717) is 27.3 Å². The zero-order valence-electron chi connectivity index (χ0n) is 21.8. The minimum atomic E-state index is -0.269. The third-order valence-electron chi connectivity index (χ3n) is 7.94. The maximum Gasteiger partial charge on any atom is 0.272 e. The molecule has 4 nitrogen and oxygen atoms in total. The Morgan fingerprint density at radius 1 is 1.03 bits per heavy atom. The number of benzene rings is 2. The molecule has 0 aliphatic heterocycles. The first kappa shape index (κ1) is 27.0. The molecule has 2 aromatic carbocycles. The Balaban J connectivity index is 1.62. The van der Waals surface area contributed by atoms with Crippen LogP contribution in [0.5, 0.6) is 0 Å². The first-order valence-corrected chi connectivity index (χ1v) is 14.5. The van der Waals surface area contributed by atoms with Crippen LogP contribution in [0.3, 0.4) is 0 Å². The summed E-state index contributed by atoms with van der Waals surface area (Å²) in [5, 5.41) is 9.20. The molecule has 1 aromatic heterocycles. The fourth-order valence-corrected chi connectivity index (χ4v) is 6.36. The number of hydrogen-bond donors (Lipinski definition) is 1. The molecule has 0 bridgehead atoms.